The number of hydrogen-bond acceptors (Lipinski definition) is 4. The summed E-state index contributed by atoms with van der Waals surface area (Å²) in [4.78, 5) is 29.6. The Bertz CT molecular complexity index is 1670. The minimum atomic E-state index is -0.159. The van der Waals surface area contributed by atoms with Gasteiger partial charge in [-0.05, 0) is 42.8 Å². The summed E-state index contributed by atoms with van der Waals surface area (Å²) in [7, 11) is 0. The fraction of sp³-hybridized carbons (Fsp3) is 0.0400. The first kappa shape index (κ1) is 24.5. The van der Waals surface area contributed by atoms with E-state index in [4.69, 9.17) is 11.6 Å². The normalized spacial score (nSPS) is 10.8. The van der Waals surface area contributed by atoms with Gasteiger partial charge in [-0.2, -0.15) is 0 Å². The molecule has 0 saturated heterocycles. The summed E-state index contributed by atoms with van der Waals surface area (Å²) in [5.41, 5.74) is 6.68. The van der Waals surface area contributed by atoms with Gasteiger partial charge in [0, 0.05) is 34.2 Å². The molecule has 0 fully saturated rings. The van der Waals surface area contributed by atoms with Crippen LogP contribution in [-0.2, 0) is 0 Å². The molecule has 35 heavy (non-hydrogen) atoms. The van der Waals surface area contributed by atoms with Crippen molar-refractivity contribution in [3.05, 3.63) is 94.3 Å². The van der Waals surface area contributed by atoms with Gasteiger partial charge in [-0.15, -0.1) is 24.8 Å². The van der Waals surface area contributed by atoms with Crippen molar-refractivity contribution >= 4 is 58.4 Å². The summed E-state index contributed by atoms with van der Waals surface area (Å²) < 4.78 is 1.52. The average Bonchev–Trinajstić information content (AvgIpc) is 3.41. The minimum absolute atomic E-state index is 0. The molecule has 2 N–H and O–H groups in total. The lowest BCUT2D eigenvalue weighted by molar-refractivity contribution is 0.864. The number of fused-ring (bicyclic) bond motifs is 2. The van der Waals surface area contributed by atoms with Crippen molar-refractivity contribution in [3.8, 4) is 28.2 Å². The number of H-pyrrole nitrogens is 2. The number of rotatable bonds is 3. The molecule has 0 atom stereocenters. The molecule has 10 heteroatoms. The number of hydrogen-bond donors (Lipinski definition) is 2. The molecule has 0 bridgehead atoms. The van der Waals surface area contributed by atoms with Crippen LogP contribution in [0.3, 0.4) is 0 Å². The molecular formula is C25H19Cl3N6O. The first-order valence-corrected chi connectivity index (χ1v) is 10.7. The van der Waals surface area contributed by atoms with E-state index >= 15 is 0 Å². The van der Waals surface area contributed by atoms with Crippen LogP contribution < -0.4 is 5.56 Å². The number of nitrogens with one attached hydrogen (secondary N) is 2. The van der Waals surface area contributed by atoms with Crippen LogP contribution in [-0.4, -0.2) is 29.7 Å². The van der Waals surface area contributed by atoms with Gasteiger partial charge in [-0.3, -0.25) is 19.9 Å². The van der Waals surface area contributed by atoms with Crippen molar-refractivity contribution in [2.75, 3.05) is 0 Å². The number of nitrogens with zero attached hydrogens (tertiary/aromatic N) is 4. The van der Waals surface area contributed by atoms with E-state index in [1.54, 1.807) is 42.9 Å². The van der Waals surface area contributed by atoms with Crippen molar-refractivity contribution in [1.29, 1.82) is 0 Å². The molecule has 0 unspecified atom stereocenters. The smallest absolute Gasteiger partial charge is 0.280 e. The van der Waals surface area contributed by atoms with Gasteiger partial charge in [0.2, 0.25) is 0 Å². The fourth-order valence-electron chi connectivity index (χ4n) is 4.08. The molecule has 0 spiro atoms. The highest BCUT2D eigenvalue weighted by molar-refractivity contribution is 6.30. The van der Waals surface area contributed by atoms with Gasteiger partial charge in [0.05, 0.1) is 33.8 Å². The van der Waals surface area contributed by atoms with Gasteiger partial charge in [0.15, 0.2) is 0 Å². The lowest BCUT2D eigenvalue weighted by Gasteiger charge is -2.08. The molecule has 7 nitrogen and oxygen atoms in total. The summed E-state index contributed by atoms with van der Waals surface area (Å²) in [5.74, 6) is 0.778. The van der Waals surface area contributed by atoms with E-state index in [9.17, 15) is 4.79 Å². The standard InChI is InChI=1S/C25H17ClN6O.2ClH/c1-14-22(15-2-4-16(5-3-15)24-29-20-10-11-27-13-21(20)30-24)23-19(12-28-14)25(33)32(31-23)18-8-6-17(26)7-9-18;;/h2-13,31H,1H3,(H,29,30);2*1H. The Labute approximate surface area is 217 Å². The zero-order valence-electron chi connectivity index (χ0n) is 18.3. The Hall–Kier alpha value is -3.65. The van der Waals surface area contributed by atoms with E-state index in [1.165, 1.54) is 4.68 Å². The van der Waals surface area contributed by atoms with E-state index in [1.807, 2.05) is 37.3 Å². The number of halogens is 3. The Balaban J connectivity index is 0.00000144. The third kappa shape index (κ3) is 4.18. The van der Waals surface area contributed by atoms with Crippen LogP contribution in [0.5, 0.6) is 0 Å². The molecule has 176 valence electrons. The Kier molecular flexibility index (Phi) is 6.67. The fourth-order valence-corrected chi connectivity index (χ4v) is 4.21. The van der Waals surface area contributed by atoms with Crippen LogP contribution in [0.1, 0.15) is 5.69 Å². The third-order valence-electron chi connectivity index (χ3n) is 5.74. The predicted octanol–water partition coefficient (Wildman–Crippen LogP) is 6.12. The zero-order valence-corrected chi connectivity index (χ0v) is 20.7. The maximum Gasteiger partial charge on any atom is 0.280 e. The molecule has 0 radical (unpaired) electrons. The van der Waals surface area contributed by atoms with Gasteiger partial charge < -0.3 is 4.98 Å². The maximum atomic E-state index is 13.1. The summed E-state index contributed by atoms with van der Waals surface area (Å²) in [6, 6.07) is 17.0. The lowest BCUT2D eigenvalue weighted by Crippen LogP contribution is -2.14. The quantitative estimate of drug-likeness (QED) is 0.291. The zero-order chi connectivity index (χ0) is 22.5. The summed E-state index contributed by atoms with van der Waals surface area (Å²) in [6.45, 7) is 1.94. The molecule has 2 aromatic carbocycles. The van der Waals surface area contributed by atoms with Gasteiger partial charge >= 0.3 is 0 Å². The van der Waals surface area contributed by atoms with Crippen LogP contribution in [0.2, 0.25) is 5.02 Å². The number of benzene rings is 2. The second kappa shape index (κ2) is 9.54. The highest BCUT2D eigenvalue weighted by atomic mass is 35.5. The summed E-state index contributed by atoms with van der Waals surface area (Å²) in [6.07, 6.45) is 5.11. The van der Waals surface area contributed by atoms with Crippen molar-refractivity contribution < 1.29 is 0 Å². The largest absolute Gasteiger partial charge is 0.337 e. The van der Waals surface area contributed by atoms with E-state index in [0.29, 0.717) is 16.1 Å². The molecule has 0 aliphatic rings. The van der Waals surface area contributed by atoms with Gasteiger partial charge in [-0.25, -0.2) is 9.67 Å². The van der Waals surface area contributed by atoms with Gasteiger partial charge in [-0.1, -0.05) is 35.9 Å². The van der Waals surface area contributed by atoms with Crippen LogP contribution >= 0.6 is 36.4 Å². The molecule has 4 aromatic heterocycles. The number of aryl methyl sites for hydroxylation is 1. The summed E-state index contributed by atoms with van der Waals surface area (Å²) >= 11 is 6.01. The van der Waals surface area contributed by atoms with Crippen LogP contribution in [0.15, 0.2) is 78.0 Å². The Morgan fingerprint density at radius 1 is 0.914 bits per heavy atom. The lowest BCUT2D eigenvalue weighted by atomic mass is 10.0. The second-order valence-corrected chi connectivity index (χ2v) is 8.23. The molecule has 6 rings (SSSR count). The molecule has 0 saturated carbocycles. The predicted molar refractivity (Wildman–Crippen MR) is 144 cm³/mol. The average molecular weight is 526 g/mol. The molecule has 0 aliphatic carbocycles. The highest BCUT2D eigenvalue weighted by Gasteiger charge is 2.16. The van der Waals surface area contributed by atoms with E-state index in [2.05, 4.69) is 25.0 Å². The van der Waals surface area contributed by atoms with Crippen molar-refractivity contribution in [2.24, 2.45) is 0 Å². The highest BCUT2D eigenvalue weighted by Crippen LogP contribution is 2.31. The van der Waals surface area contributed by atoms with Gasteiger partial charge in [0.25, 0.3) is 5.56 Å². The number of imidazole rings is 1. The van der Waals surface area contributed by atoms with Crippen molar-refractivity contribution in [2.45, 2.75) is 6.92 Å². The Morgan fingerprint density at radius 3 is 2.34 bits per heavy atom. The van der Waals surface area contributed by atoms with Crippen LogP contribution in [0.25, 0.3) is 50.1 Å². The van der Waals surface area contributed by atoms with E-state index in [0.717, 1.165) is 44.8 Å². The molecule has 4 heterocycles. The number of pyridine rings is 2. The maximum absolute atomic E-state index is 13.1. The molecule has 6 aromatic rings. The monoisotopic (exact) mass is 524 g/mol. The van der Waals surface area contributed by atoms with Crippen LogP contribution in [0, 0.1) is 6.92 Å². The Morgan fingerprint density at radius 2 is 1.63 bits per heavy atom. The topological polar surface area (TPSA) is 92.2 Å². The first-order chi connectivity index (χ1) is 16.1. The molecule has 0 amide bonds. The van der Waals surface area contributed by atoms with Crippen molar-refractivity contribution in [3.63, 3.8) is 0 Å². The van der Waals surface area contributed by atoms with Gasteiger partial charge in [0.1, 0.15) is 5.82 Å². The second-order valence-electron chi connectivity index (χ2n) is 7.79. The SMILES string of the molecule is Cc1ncc2c(=O)n(-c3ccc(Cl)cc3)[nH]c2c1-c1ccc(-c2nc3ccncc3[nH]2)cc1.Cl.Cl. The minimum Gasteiger partial charge on any atom is -0.337 e. The molecular weight excluding hydrogens is 507 g/mol. The summed E-state index contributed by atoms with van der Waals surface area (Å²) in [5, 5.41) is 4.41. The third-order valence-corrected chi connectivity index (χ3v) is 5.99. The number of aromatic nitrogens is 6. The van der Waals surface area contributed by atoms with Crippen LogP contribution in [0.4, 0.5) is 0 Å². The van der Waals surface area contributed by atoms with E-state index in [-0.39, 0.29) is 30.4 Å². The number of aromatic amines is 2. The van der Waals surface area contributed by atoms with E-state index < -0.39 is 0 Å². The molecule has 0 aliphatic heterocycles. The first-order valence-electron chi connectivity index (χ1n) is 10.4. The van der Waals surface area contributed by atoms with Crippen molar-refractivity contribution in [1.82, 2.24) is 29.7 Å².